The maximum absolute atomic E-state index is 12.7. The highest BCUT2D eigenvalue weighted by Crippen LogP contribution is 2.23. The van der Waals surface area contributed by atoms with E-state index >= 15 is 0 Å². The van der Waals surface area contributed by atoms with Crippen molar-refractivity contribution in [2.24, 2.45) is 0 Å². The zero-order valence-corrected chi connectivity index (χ0v) is 16.6. The molecule has 0 aliphatic carbocycles. The van der Waals surface area contributed by atoms with E-state index in [0.29, 0.717) is 18.8 Å². The molecule has 10 heteroatoms. The summed E-state index contributed by atoms with van der Waals surface area (Å²) in [5, 5.41) is 10.7. The van der Waals surface area contributed by atoms with Crippen LogP contribution in [0.3, 0.4) is 0 Å². The molecule has 0 aromatic carbocycles. The van der Waals surface area contributed by atoms with E-state index in [9.17, 15) is 14.4 Å². The number of rotatable bonds is 7. The predicted molar refractivity (Wildman–Crippen MR) is 99.3 cm³/mol. The summed E-state index contributed by atoms with van der Waals surface area (Å²) >= 11 is 0. The van der Waals surface area contributed by atoms with Crippen molar-refractivity contribution >= 4 is 17.8 Å². The first-order chi connectivity index (χ1) is 13.4. The highest BCUT2D eigenvalue weighted by molar-refractivity contribution is 6.06. The van der Waals surface area contributed by atoms with E-state index in [0.717, 1.165) is 24.2 Å². The molecule has 3 rings (SSSR count). The van der Waals surface area contributed by atoms with Gasteiger partial charge in [-0.1, -0.05) is 5.21 Å². The molecule has 1 aromatic rings. The number of hydrogen-bond donors (Lipinski definition) is 1. The monoisotopic (exact) mass is 392 g/mol. The van der Waals surface area contributed by atoms with Gasteiger partial charge in [-0.2, -0.15) is 0 Å². The fourth-order valence-corrected chi connectivity index (χ4v) is 3.93. The van der Waals surface area contributed by atoms with E-state index in [1.807, 2.05) is 13.8 Å². The number of methoxy groups -OCH3 is 1. The van der Waals surface area contributed by atoms with Gasteiger partial charge in [-0.3, -0.25) is 14.5 Å². The van der Waals surface area contributed by atoms with Crippen molar-refractivity contribution in [2.75, 3.05) is 20.3 Å². The van der Waals surface area contributed by atoms with Crippen LogP contribution in [0.25, 0.3) is 0 Å². The molecule has 0 radical (unpaired) electrons. The minimum Gasteiger partial charge on any atom is -0.383 e. The SMILES string of the molecule is COCCn1cc(C[C@@H]2NC(=O)N(CC(=O)N3[C@H](C)CCC[C@H]3C)C2=O)nn1. The Balaban J connectivity index is 1.60. The molecule has 28 heavy (non-hydrogen) atoms. The molecule has 3 heterocycles. The Hall–Kier alpha value is -2.49. The van der Waals surface area contributed by atoms with Gasteiger partial charge in [-0.25, -0.2) is 9.48 Å². The van der Waals surface area contributed by atoms with E-state index in [4.69, 9.17) is 4.74 Å². The Morgan fingerprint density at radius 1 is 1.29 bits per heavy atom. The number of aromatic nitrogens is 3. The van der Waals surface area contributed by atoms with Crippen molar-refractivity contribution < 1.29 is 19.1 Å². The zero-order chi connectivity index (χ0) is 20.3. The molecule has 0 bridgehead atoms. The van der Waals surface area contributed by atoms with Crippen molar-refractivity contribution in [3.05, 3.63) is 11.9 Å². The molecule has 2 saturated heterocycles. The number of carbonyl (C=O) groups excluding carboxylic acids is 3. The van der Waals surface area contributed by atoms with Crippen molar-refractivity contribution in [2.45, 2.75) is 64.2 Å². The van der Waals surface area contributed by atoms with Crippen LogP contribution < -0.4 is 5.32 Å². The van der Waals surface area contributed by atoms with Crippen molar-refractivity contribution in [3.63, 3.8) is 0 Å². The third kappa shape index (κ3) is 4.32. The number of likely N-dealkylation sites (tertiary alicyclic amines) is 1. The van der Waals surface area contributed by atoms with E-state index in [1.54, 1.807) is 22.9 Å². The van der Waals surface area contributed by atoms with Gasteiger partial charge in [-0.15, -0.1) is 5.10 Å². The fraction of sp³-hybridized carbons (Fsp3) is 0.722. The second-order valence-corrected chi connectivity index (χ2v) is 7.53. The Kier molecular flexibility index (Phi) is 6.28. The van der Waals surface area contributed by atoms with Crippen LogP contribution in [0.5, 0.6) is 0 Å². The minimum absolute atomic E-state index is 0.120. The molecule has 0 spiro atoms. The number of imide groups is 1. The van der Waals surface area contributed by atoms with E-state index in [1.165, 1.54) is 0 Å². The van der Waals surface area contributed by atoms with Crippen LogP contribution in [-0.4, -0.2) is 81.0 Å². The smallest absolute Gasteiger partial charge is 0.325 e. The molecular weight excluding hydrogens is 364 g/mol. The highest BCUT2D eigenvalue weighted by atomic mass is 16.5. The van der Waals surface area contributed by atoms with Crippen LogP contribution in [0.2, 0.25) is 0 Å². The van der Waals surface area contributed by atoms with Crippen LogP contribution in [0.15, 0.2) is 6.20 Å². The molecule has 0 unspecified atom stereocenters. The lowest BCUT2D eigenvalue weighted by atomic mass is 9.97. The first-order valence-electron chi connectivity index (χ1n) is 9.71. The number of nitrogens with one attached hydrogen (secondary N) is 1. The van der Waals surface area contributed by atoms with Gasteiger partial charge in [0.2, 0.25) is 5.91 Å². The molecule has 10 nitrogen and oxygen atoms in total. The van der Waals surface area contributed by atoms with Gasteiger partial charge in [0.25, 0.3) is 5.91 Å². The molecule has 2 aliphatic heterocycles. The van der Waals surface area contributed by atoms with Gasteiger partial charge in [0.05, 0.1) is 18.8 Å². The Morgan fingerprint density at radius 3 is 2.68 bits per heavy atom. The van der Waals surface area contributed by atoms with E-state index in [2.05, 4.69) is 15.6 Å². The number of piperidine rings is 1. The molecule has 4 amide bonds. The van der Waals surface area contributed by atoms with Crippen molar-refractivity contribution in [1.29, 1.82) is 0 Å². The van der Waals surface area contributed by atoms with E-state index in [-0.39, 0.29) is 31.0 Å². The number of amides is 4. The lowest BCUT2D eigenvalue weighted by Gasteiger charge is -2.39. The third-order valence-corrected chi connectivity index (χ3v) is 5.41. The average Bonchev–Trinajstić information content (AvgIpc) is 3.20. The second kappa shape index (κ2) is 8.68. The number of nitrogens with zero attached hydrogens (tertiary/aromatic N) is 5. The Labute approximate surface area is 164 Å². The zero-order valence-electron chi connectivity index (χ0n) is 16.6. The molecule has 2 fully saturated rings. The molecule has 154 valence electrons. The summed E-state index contributed by atoms with van der Waals surface area (Å²) in [4.78, 5) is 40.5. The van der Waals surface area contributed by atoms with Crippen LogP contribution in [-0.2, 0) is 27.3 Å². The lowest BCUT2D eigenvalue weighted by Crippen LogP contribution is -2.52. The van der Waals surface area contributed by atoms with Gasteiger partial charge in [0.1, 0.15) is 12.6 Å². The van der Waals surface area contributed by atoms with Crippen LogP contribution in [0, 0.1) is 0 Å². The minimum atomic E-state index is -0.732. The van der Waals surface area contributed by atoms with Gasteiger partial charge in [-0.05, 0) is 33.1 Å². The fourth-order valence-electron chi connectivity index (χ4n) is 3.93. The van der Waals surface area contributed by atoms with Gasteiger partial charge in [0, 0.05) is 31.8 Å². The largest absolute Gasteiger partial charge is 0.383 e. The first-order valence-corrected chi connectivity index (χ1v) is 9.71. The standard InChI is InChI=1S/C18H28N6O4/c1-12-5-4-6-13(2)24(12)16(25)11-23-17(26)15(19-18(23)27)9-14-10-22(21-20-14)7-8-28-3/h10,12-13,15H,4-9,11H2,1-3H3,(H,19,27)/t12-,13-,15+/m1/s1. The topological polar surface area (TPSA) is 110 Å². The molecule has 3 atom stereocenters. The predicted octanol–water partition coefficient (Wildman–Crippen LogP) is 0.177. The Bertz CT molecular complexity index is 725. The number of carbonyl (C=O) groups is 3. The maximum atomic E-state index is 12.7. The number of ether oxygens (including phenoxy) is 1. The van der Waals surface area contributed by atoms with Gasteiger partial charge in [0.15, 0.2) is 0 Å². The van der Waals surface area contributed by atoms with Gasteiger partial charge < -0.3 is 15.0 Å². The summed E-state index contributed by atoms with van der Waals surface area (Å²) in [5.41, 5.74) is 0.598. The summed E-state index contributed by atoms with van der Waals surface area (Å²) in [5.74, 6) is -0.587. The second-order valence-electron chi connectivity index (χ2n) is 7.53. The van der Waals surface area contributed by atoms with Gasteiger partial charge >= 0.3 is 6.03 Å². The normalized spacial score (nSPS) is 25.3. The Morgan fingerprint density at radius 2 is 2.00 bits per heavy atom. The van der Waals surface area contributed by atoms with Crippen LogP contribution in [0.4, 0.5) is 4.79 Å². The maximum Gasteiger partial charge on any atom is 0.325 e. The van der Waals surface area contributed by atoms with E-state index < -0.39 is 18.0 Å². The number of hydrogen-bond acceptors (Lipinski definition) is 6. The quantitative estimate of drug-likeness (QED) is 0.663. The average molecular weight is 392 g/mol. The molecular formula is C18H28N6O4. The summed E-state index contributed by atoms with van der Waals surface area (Å²) in [7, 11) is 1.60. The summed E-state index contributed by atoms with van der Waals surface area (Å²) in [6, 6.07) is -1.03. The number of urea groups is 1. The summed E-state index contributed by atoms with van der Waals surface area (Å²) in [6.45, 7) is 4.85. The molecule has 1 aromatic heterocycles. The molecule has 1 N–H and O–H groups in total. The molecule has 2 aliphatic rings. The van der Waals surface area contributed by atoms with Crippen molar-refractivity contribution in [3.8, 4) is 0 Å². The summed E-state index contributed by atoms with van der Waals surface area (Å²) < 4.78 is 6.62. The highest BCUT2D eigenvalue weighted by Gasteiger charge is 2.41. The van der Waals surface area contributed by atoms with Crippen LogP contribution >= 0.6 is 0 Å². The first kappa shape index (κ1) is 20.2. The molecule has 0 saturated carbocycles. The van der Waals surface area contributed by atoms with Crippen molar-refractivity contribution in [1.82, 2.24) is 30.1 Å². The summed E-state index contributed by atoms with van der Waals surface area (Å²) in [6.07, 6.45) is 4.93. The van der Waals surface area contributed by atoms with Crippen LogP contribution in [0.1, 0.15) is 38.8 Å². The third-order valence-electron chi connectivity index (χ3n) is 5.41. The lowest BCUT2D eigenvalue weighted by molar-refractivity contribution is -0.141.